The molecule has 0 radical (unpaired) electrons. The molecule has 21 heavy (non-hydrogen) atoms. The fourth-order valence-electron chi connectivity index (χ4n) is 1.83. The maximum Gasteiger partial charge on any atom is 0.374 e. The van der Waals surface area contributed by atoms with Crippen LogP contribution in [0, 0.1) is 13.8 Å². The van der Waals surface area contributed by atoms with Crippen molar-refractivity contribution >= 4 is 27.7 Å². The zero-order valence-corrected chi connectivity index (χ0v) is 13.6. The van der Waals surface area contributed by atoms with E-state index in [1.165, 1.54) is 6.07 Å². The molecule has 4 nitrogen and oxygen atoms in total. The zero-order chi connectivity index (χ0) is 15.6. The van der Waals surface area contributed by atoms with Crippen LogP contribution in [0.1, 0.15) is 39.0 Å². The minimum atomic E-state index is -0.872. The van der Waals surface area contributed by atoms with Crippen LogP contribution in [0.3, 0.4) is 0 Å². The van der Waals surface area contributed by atoms with Crippen molar-refractivity contribution in [2.75, 3.05) is 0 Å². The average molecular weight is 351 g/mol. The normalized spacial score (nSPS) is 12.0. The number of rotatable bonds is 4. The average Bonchev–Trinajstić information content (AvgIpc) is 2.87. The van der Waals surface area contributed by atoms with Crippen molar-refractivity contribution in [3.63, 3.8) is 0 Å². The smallest absolute Gasteiger partial charge is 0.374 e. The molecule has 0 saturated heterocycles. The summed E-state index contributed by atoms with van der Waals surface area (Å²) < 4.78 is 10.7. The molecule has 1 aromatic carbocycles. The van der Waals surface area contributed by atoms with Crippen molar-refractivity contribution in [3.8, 4) is 0 Å². The molecule has 2 aromatic rings. The van der Waals surface area contributed by atoms with E-state index in [1.807, 2.05) is 19.9 Å². The second-order valence-electron chi connectivity index (χ2n) is 4.81. The highest BCUT2D eigenvalue weighted by atomic mass is 79.9. The molecule has 0 N–H and O–H groups in total. The summed E-state index contributed by atoms with van der Waals surface area (Å²) in [6, 6.07) is 8.48. The number of ether oxygens (including phenoxy) is 1. The number of aryl methyl sites for hydroxylation is 2. The summed E-state index contributed by atoms with van der Waals surface area (Å²) in [5.74, 6) is -0.843. The lowest BCUT2D eigenvalue weighted by Crippen LogP contribution is -2.24. The van der Waals surface area contributed by atoms with Gasteiger partial charge in [0.25, 0.3) is 0 Å². The monoisotopic (exact) mass is 350 g/mol. The molecule has 0 aliphatic carbocycles. The fraction of sp³-hybridized carbons (Fsp3) is 0.250. The number of hydrogen-bond donors (Lipinski definition) is 0. The predicted molar refractivity (Wildman–Crippen MR) is 81.5 cm³/mol. The molecule has 0 aliphatic heterocycles. The minimum absolute atomic E-state index is 0.0570. The molecule has 1 aromatic heterocycles. The Bertz CT molecular complexity index is 687. The number of halogens is 1. The second-order valence-corrected chi connectivity index (χ2v) is 5.60. The lowest BCUT2D eigenvalue weighted by atomic mass is 10.0. The van der Waals surface area contributed by atoms with Gasteiger partial charge in [0.1, 0.15) is 0 Å². The number of furan rings is 1. The van der Waals surface area contributed by atoms with Crippen LogP contribution in [-0.2, 0) is 4.74 Å². The van der Waals surface area contributed by atoms with Gasteiger partial charge in [-0.05, 0) is 66.0 Å². The Morgan fingerprint density at radius 3 is 2.43 bits per heavy atom. The highest BCUT2D eigenvalue weighted by Gasteiger charge is 2.22. The van der Waals surface area contributed by atoms with Gasteiger partial charge >= 0.3 is 5.97 Å². The van der Waals surface area contributed by atoms with Gasteiger partial charge in [-0.2, -0.15) is 0 Å². The van der Waals surface area contributed by atoms with Crippen molar-refractivity contribution in [1.29, 1.82) is 0 Å². The molecule has 110 valence electrons. The first-order chi connectivity index (χ1) is 9.88. The zero-order valence-electron chi connectivity index (χ0n) is 12.0. The first-order valence-corrected chi connectivity index (χ1v) is 7.25. The summed E-state index contributed by atoms with van der Waals surface area (Å²) in [5.41, 5.74) is 2.66. The number of esters is 1. The summed E-state index contributed by atoms with van der Waals surface area (Å²) >= 11 is 3.11. The summed E-state index contributed by atoms with van der Waals surface area (Å²) in [5, 5.41) is 0. The van der Waals surface area contributed by atoms with E-state index < -0.39 is 12.1 Å². The lowest BCUT2D eigenvalue weighted by Gasteiger charge is -2.12. The summed E-state index contributed by atoms with van der Waals surface area (Å²) in [6.45, 7) is 5.46. The summed E-state index contributed by atoms with van der Waals surface area (Å²) in [7, 11) is 0. The predicted octanol–water partition coefficient (Wildman–Crippen LogP) is 4.09. The van der Waals surface area contributed by atoms with Gasteiger partial charge in [-0.1, -0.05) is 12.1 Å². The maximum absolute atomic E-state index is 12.3. The van der Waals surface area contributed by atoms with E-state index in [2.05, 4.69) is 15.9 Å². The lowest BCUT2D eigenvalue weighted by molar-refractivity contribution is 0.0288. The third-order valence-electron chi connectivity index (χ3n) is 3.22. The van der Waals surface area contributed by atoms with Gasteiger partial charge in [-0.3, -0.25) is 4.79 Å². The van der Waals surface area contributed by atoms with Crippen LogP contribution in [0.4, 0.5) is 0 Å². The third kappa shape index (κ3) is 3.61. The van der Waals surface area contributed by atoms with Crippen molar-refractivity contribution < 1.29 is 18.7 Å². The molecule has 0 amide bonds. The van der Waals surface area contributed by atoms with Gasteiger partial charge < -0.3 is 9.15 Å². The van der Waals surface area contributed by atoms with Gasteiger partial charge in [0, 0.05) is 5.56 Å². The van der Waals surface area contributed by atoms with Crippen LogP contribution in [0.25, 0.3) is 0 Å². The van der Waals surface area contributed by atoms with E-state index in [-0.39, 0.29) is 11.5 Å². The fourth-order valence-corrected chi connectivity index (χ4v) is 2.13. The van der Waals surface area contributed by atoms with Crippen LogP contribution in [0.2, 0.25) is 0 Å². The number of benzene rings is 1. The first-order valence-electron chi connectivity index (χ1n) is 6.46. The van der Waals surface area contributed by atoms with Crippen LogP contribution in [0.5, 0.6) is 0 Å². The van der Waals surface area contributed by atoms with Crippen molar-refractivity contribution in [3.05, 3.63) is 57.5 Å². The number of ketones is 1. The van der Waals surface area contributed by atoms with Crippen LogP contribution in [-0.4, -0.2) is 17.9 Å². The van der Waals surface area contributed by atoms with Gasteiger partial charge in [-0.15, -0.1) is 0 Å². The van der Waals surface area contributed by atoms with Crippen molar-refractivity contribution in [2.45, 2.75) is 26.9 Å². The Hall–Kier alpha value is -1.88. The standard InChI is InChI=1S/C16H15BrO4/c1-9-4-5-12(8-10(9)2)15(18)11(3)20-16(19)13-6-7-14(17)21-13/h4-8,11H,1-3H3/t11-/m0/s1. The van der Waals surface area contributed by atoms with E-state index in [1.54, 1.807) is 25.1 Å². The van der Waals surface area contributed by atoms with E-state index in [9.17, 15) is 9.59 Å². The van der Waals surface area contributed by atoms with Gasteiger partial charge in [-0.25, -0.2) is 4.79 Å². The molecule has 0 bridgehead atoms. The Morgan fingerprint density at radius 1 is 1.14 bits per heavy atom. The Balaban J connectivity index is 2.08. The molecular formula is C16H15BrO4. The van der Waals surface area contributed by atoms with E-state index >= 15 is 0 Å². The summed E-state index contributed by atoms with van der Waals surface area (Å²) in [4.78, 5) is 24.1. The number of carbonyl (C=O) groups excluding carboxylic acids is 2. The summed E-state index contributed by atoms with van der Waals surface area (Å²) in [6.07, 6.45) is -0.872. The molecule has 1 atom stereocenters. The van der Waals surface area contributed by atoms with Crippen LogP contribution < -0.4 is 0 Å². The minimum Gasteiger partial charge on any atom is -0.448 e. The molecule has 0 spiro atoms. The quantitative estimate of drug-likeness (QED) is 0.615. The number of Topliss-reactive ketones (excluding diaryl/α,β-unsaturated/α-hetero) is 1. The van der Waals surface area contributed by atoms with Crippen LogP contribution >= 0.6 is 15.9 Å². The van der Waals surface area contributed by atoms with E-state index in [4.69, 9.17) is 9.15 Å². The van der Waals surface area contributed by atoms with Gasteiger partial charge in [0.05, 0.1) is 0 Å². The molecule has 0 unspecified atom stereocenters. The van der Waals surface area contributed by atoms with Crippen molar-refractivity contribution in [1.82, 2.24) is 0 Å². The number of carbonyl (C=O) groups is 2. The Labute approximate surface area is 131 Å². The molecule has 2 rings (SSSR count). The topological polar surface area (TPSA) is 56.5 Å². The van der Waals surface area contributed by atoms with Crippen molar-refractivity contribution in [2.24, 2.45) is 0 Å². The number of hydrogen-bond acceptors (Lipinski definition) is 4. The first kappa shape index (κ1) is 15.5. The SMILES string of the molecule is Cc1ccc(C(=O)[C@H](C)OC(=O)c2ccc(Br)o2)cc1C. The molecule has 0 fully saturated rings. The Kier molecular flexibility index (Phi) is 4.63. The van der Waals surface area contributed by atoms with Crippen LogP contribution in [0.15, 0.2) is 39.4 Å². The molecule has 5 heteroatoms. The third-order valence-corrected chi connectivity index (χ3v) is 3.65. The molecule has 0 aliphatic rings. The molecule has 0 saturated carbocycles. The highest BCUT2D eigenvalue weighted by molar-refractivity contribution is 9.10. The highest BCUT2D eigenvalue weighted by Crippen LogP contribution is 2.17. The molecular weight excluding hydrogens is 336 g/mol. The van der Waals surface area contributed by atoms with Gasteiger partial charge in [0.15, 0.2) is 10.8 Å². The maximum atomic E-state index is 12.3. The largest absolute Gasteiger partial charge is 0.448 e. The van der Waals surface area contributed by atoms with Gasteiger partial charge in [0.2, 0.25) is 11.5 Å². The second kappa shape index (κ2) is 6.26. The molecule has 1 heterocycles. The van der Waals surface area contributed by atoms with E-state index in [0.717, 1.165) is 11.1 Å². The Morgan fingerprint density at radius 2 is 1.86 bits per heavy atom. The van der Waals surface area contributed by atoms with E-state index in [0.29, 0.717) is 10.2 Å².